The second kappa shape index (κ2) is 7.11. The third kappa shape index (κ3) is 5.02. The Morgan fingerprint density at radius 2 is 2.06 bits per heavy atom. The first-order valence-electron chi connectivity index (χ1n) is 4.97. The van der Waals surface area contributed by atoms with Gasteiger partial charge in [0, 0.05) is 11.9 Å². The van der Waals surface area contributed by atoms with Gasteiger partial charge in [0.1, 0.15) is 5.75 Å². The highest BCUT2D eigenvalue weighted by Crippen LogP contribution is 2.12. The molecule has 0 aliphatic carbocycles. The van der Waals surface area contributed by atoms with E-state index in [9.17, 15) is 4.79 Å². The highest BCUT2D eigenvalue weighted by Gasteiger charge is 1.97. The largest absolute Gasteiger partial charge is 0.493 e. The van der Waals surface area contributed by atoms with E-state index in [1.807, 2.05) is 24.3 Å². The fraction of sp³-hybridized carbons (Fsp3) is 0.364. The van der Waals surface area contributed by atoms with Crippen molar-refractivity contribution in [2.24, 2.45) is 0 Å². The first-order chi connectivity index (χ1) is 7.72. The number of halogens is 1. The Bertz CT molecular complexity index is 327. The van der Waals surface area contributed by atoms with Crippen molar-refractivity contribution in [2.45, 2.75) is 6.42 Å². The summed E-state index contributed by atoms with van der Waals surface area (Å²) in [5.41, 5.74) is 1.08. The minimum atomic E-state index is -0.989. The quantitative estimate of drug-likeness (QED) is 0.789. The van der Waals surface area contributed by atoms with E-state index in [1.165, 1.54) is 0 Å². The first kappa shape index (κ1) is 12.8. The molecule has 0 unspecified atom stereocenters. The third-order valence-corrected chi connectivity index (χ3v) is 2.28. The molecule has 5 heteroatoms. The van der Waals surface area contributed by atoms with E-state index in [4.69, 9.17) is 9.84 Å². The number of alkyl halides is 1. The summed E-state index contributed by atoms with van der Waals surface area (Å²) in [6.07, 6.45) is -0.303. The van der Waals surface area contributed by atoms with Crippen molar-refractivity contribution in [2.75, 3.05) is 18.5 Å². The molecule has 1 rings (SSSR count). The number of hydrogen-bond acceptors (Lipinski definition) is 2. The third-order valence-electron chi connectivity index (χ3n) is 1.96. The van der Waals surface area contributed by atoms with Crippen molar-refractivity contribution in [3.8, 4) is 5.75 Å². The number of benzene rings is 1. The molecule has 0 bridgehead atoms. The van der Waals surface area contributed by atoms with E-state index in [0.717, 1.165) is 16.6 Å². The predicted octanol–water partition coefficient (Wildman–Crippen LogP) is 2.27. The van der Waals surface area contributed by atoms with Crippen molar-refractivity contribution in [1.29, 1.82) is 0 Å². The van der Waals surface area contributed by atoms with Crippen molar-refractivity contribution in [3.63, 3.8) is 0 Å². The maximum absolute atomic E-state index is 10.2. The molecular weight excluding hydrogens is 274 g/mol. The van der Waals surface area contributed by atoms with Crippen LogP contribution in [0.25, 0.3) is 0 Å². The van der Waals surface area contributed by atoms with Crippen LogP contribution in [0.4, 0.5) is 4.79 Å². The molecule has 0 aliphatic heterocycles. The zero-order valence-corrected chi connectivity index (χ0v) is 10.4. The van der Waals surface area contributed by atoms with E-state index >= 15 is 0 Å². The summed E-state index contributed by atoms with van der Waals surface area (Å²) in [4.78, 5) is 10.2. The van der Waals surface area contributed by atoms with Gasteiger partial charge in [-0.15, -0.1) is 0 Å². The van der Waals surface area contributed by atoms with Crippen LogP contribution in [0.1, 0.15) is 5.56 Å². The Hall–Kier alpha value is -1.23. The van der Waals surface area contributed by atoms with E-state index < -0.39 is 6.09 Å². The zero-order valence-electron chi connectivity index (χ0n) is 8.78. The van der Waals surface area contributed by atoms with Gasteiger partial charge >= 0.3 is 6.09 Å². The van der Waals surface area contributed by atoms with Gasteiger partial charge < -0.3 is 15.2 Å². The Kier molecular flexibility index (Phi) is 5.71. The van der Waals surface area contributed by atoms with Gasteiger partial charge in [0.05, 0.1) is 6.61 Å². The van der Waals surface area contributed by atoms with Crippen LogP contribution in [-0.4, -0.2) is 29.7 Å². The number of ether oxygens (including phenoxy) is 1. The molecule has 1 aromatic carbocycles. The van der Waals surface area contributed by atoms with Crippen molar-refractivity contribution in [3.05, 3.63) is 29.8 Å². The molecule has 0 atom stereocenters. The number of rotatable bonds is 6. The molecule has 16 heavy (non-hydrogen) atoms. The number of nitrogens with one attached hydrogen (secondary N) is 1. The van der Waals surface area contributed by atoms with Crippen LogP contribution in [0.15, 0.2) is 24.3 Å². The average Bonchev–Trinajstić information content (AvgIpc) is 2.27. The summed E-state index contributed by atoms with van der Waals surface area (Å²) >= 11 is 3.28. The fourth-order valence-corrected chi connectivity index (χ4v) is 1.38. The summed E-state index contributed by atoms with van der Waals surface area (Å²) in [5, 5.41) is 11.5. The molecule has 88 valence electrons. The summed E-state index contributed by atoms with van der Waals surface area (Å²) in [6, 6.07) is 7.65. The van der Waals surface area contributed by atoms with Crippen LogP contribution < -0.4 is 10.1 Å². The summed E-state index contributed by atoms with van der Waals surface area (Å²) in [5.74, 6) is 0.828. The molecule has 0 saturated carbocycles. The van der Waals surface area contributed by atoms with Crippen LogP contribution in [0.3, 0.4) is 0 Å². The zero-order chi connectivity index (χ0) is 11.8. The monoisotopic (exact) mass is 287 g/mol. The Balaban J connectivity index is 2.36. The van der Waals surface area contributed by atoms with Gasteiger partial charge in [-0.1, -0.05) is 28.1 Å². The highest BCUT2D eigenvalue weighted by atomic mass is 79.9. The summed E-state index contributed by atoms with van der Waals surface area (Å²) in [6.45, 7) is 1.07. The first-order valence-corrected chi connectivity index (χ1v) is 6.09. The average molecular weight is 288 g/mol. The molecule has 0 aliphatic rings. The molecule has 0 aromatic heterocycles. The van der Waals surface area contributed by atoms with Gasteiger partial charge in [0.15, 0.2) is 0 Å². The maximum Gasteiger partial charge on any atom is 0.404 e. The minimum Gasteiger partial charge on any atom is -0.493 e. The maximum atomic E-state index is 10.2. The van der Waals surface area contributed by atoms with E-state index in [1.54, 1.807) is 0 Å². The lowest BCUT2D eigenvalue weighted by molar-refractivity contribution is 0.194. The molecule has 0 saturated heterocycles. The van der Waals surface area contributed by atoms with Crippen LogP contribution in [0, 0.1) is 0 Å². The molecule has 0 heterocycles. The SMILES string of the molecule is O=C(O)NCCc1ccc(OCCBr)cc1. The van der Waals surface area contributed by atoms with Crippen LogP contribution in [0.5, 0.6) is 5.75 Å². The molecule has 2 N–H and O–H groups in total. The molecule has 1 amide bonds. The minimum absolute atomic E-state index is 0.428. The van der Waals surface area contributed by atoms with Gasteiger partial charge in [-0.2, -0.15) is 0 Å². The summed E-state index contributed by atoms with van der Waals surface area (Å²) in [7, 11) is 0. The Labute approximate surface area is 103 Å². The van der Waals surface area contributed by atoms with E-state index in [2.05, 4.69) is 21.2 Å². The van der Waals surface area contributed by atoms with Gasteiger partial charge in [0.2, 0.25) is 0 Å². The Morgan fingerprint density at radius 3 is 2.62 bits per heavy atom. The lowest BCUT2D eigenvalue weighted by Crippen LogP contribution is -2.23. The topological polar surface area (TPSA) is 58.6 Å². The summed E-state index contributed by atoms with van der Waals surface area (Å²) < 4.78 is 5.40. The predicted molar refractivity (Wildman–Crippen MR) is 65.5 cm³/mol. The standard InChI is InChI=1S/C11H14BrNO3/c12-6-8-16-10-3-1-9(2-4-10)5-7-13-11(14)15/h1-4,13H,5-8H2,(H,14,15). The van der Waals surface area contributed by atoms with Crippen molar-refractivity contribution < 1.29 is 14.6 Å². The normalized spacial score (nSPS) is 9.81. The Morgan fingerprint density at radius 1 is 1.38 bits per heavy atom. The number of amides is 1. The van der Waals surface area contributed by atoms with Crippen molar-refractivity contribution in [1.82, 2.24) is 5.32 Å². The van der Waals surface area contributed by atoms with Crippen LogP contribution in [0.2, 0.25) is 0 Å². The number of carboxylic acid groups (broad SMARTS) is 1. The lowest BCUT2D eigenvalue weighted by Gasteiger charge is -2.05. The molecule has 0 radical (unpaired) electrons. The lowest BCUT2D eigenvalue weighted by atomic mass is 10.1. The molecule has 1 aromatic rings. The van der Waals surface area contributed by atoms with Crippen molar-refractivity contribution >= 4 is 22.0 Å². The van der Waals surface area contributed by atoms with Gasteiger partial charge in [-0.3, -0.25) is 0 Å². The smallest absolute Gasteiger partial charge is 0.404 e. The van der Waals surface area contributed by atoms with E-state index in [-0.39, 0.29) is 0 Å². The van der Waals surface area contributed by atoms with Crippen LogP contribution in [-0.2, 0) is 6.42 Å². The molecule has 0 fully saturated rings. The van der Waals surface area contributed by atoms with Gasteiger partial charge in [-0.05, 0) is 24.1 Å². The van der Waals surface area contributed by atoms with Crippen LogP contribution >= 0.6 is 15.9 Å². The molecule has 4 nitrogen and oxygen atoms in total. The second-order valence-electron chi connectivity index (χ2n) is 3.16. The number of carbonyl (C=O) groups is 1. The van der Waals surface area contributed by atoms with Gasteiger partial charge in [-0.25, -0.2) is 4.79 Å². The fourth-order valence-electron chi connectivity index (χ4n) is 1.22. The van der Waals surface area contributed by atoms with Gasteiger partial charge in [0.25, 0.3) is 0 Å². The highest BCUT2D eigenvalue weighted by molar-refractivity contribution is 9.09. The number of hydrogen-bond donors (Lipinski definition) is 2. The van der Waals surface area contributed by atoms with E-state index in [0.29, 0.717) is 19.6 Å². The second-order valence-corrected chi connectivity index (χ2v) is 3.96. The molecule has 0 spiro atoms. The molecular formula is C11H14BrNO3.